The highest BCUT2D eigenvalue weighted by Crippen LogP contribution is 2.40. The molecule has 122 valence electrons. The first kappa shape index (κ1) is 16.1. The molecule has 4 nitrogen and oxygen atoms in total. The molecule has 0 spiro atoms. The van der Waals surface area contributed by atoms with E-state index < -0.39 is 6.09 Å². The molecule has 3 rings (SSSR count). The molecule has 24 heavy (non-hydrogen) atoms. The zero-order valence-electron chi connectivity index (χ0n) is 13.5. The summed E-state index contributed by atoms with van der Waals surface area (Å²) in [6, 6.07) is 19.6. The molecule has 2 aromatic rings. The van der Waals surface area contributed by atoms with E-state index in [2.05, 4.69) is 11.4 Å². The van der Waals surface area contributed by atoms with Gasteiger partial charge in [-0.3, -0.25) is 5.32 Å². The van der Waals surface area contributed by atoms with Crippen LogP contribution in [0.2, 0.25) is 0 Å². The minimum atomic E-state index is -0.484. The quantitative estimate of drug-likeness (QED) is 0.882. The molecule has 1 fully saturated rings. The van der Waals surface area contributed by atoms with Gasteiger partial charge in [0.15, 0.2) is 0 Å². The molecular formula is C20H20N2O2. The van der Waals surface area contributed by atoms with E-state index in [-0.39, 0.29) is 12.0 Å². The van der Waals surface area contributed by atoms with E-state index in [0.29, 0.717) is 5.69 Å². The van der Waals surface area contributed by atoms with Gasteiger partial charge >= 0.3 is 6.09 Å². The van der Waals surface area contributed by atoms with E-state index in [4.69, 9.17) is 4.74 Å². The second kappa shape index (κ2) is 7.18. The molecule has 0 aromatic heterocycles. The Kier molecular flexibility index (Phi) is 4.81. The molecule has 0 heterocycles. The molecule has 0 atom stereocenters. The molecule has 0 saturated heterocycles. The van der Waals surface area contributed by atoms with Crippen LogP contribution in [-0.2, 0) is 16.8 Å². The van der Waals surface area contributed by atoms with Crippen molar-refractivity contribution in [2.45, 2.75) is 37.7 Å². The number of benzene rings is 2. The van der Waals surface area contributed by atoms with Gasteiger partial charge in [0, 0.05) is 5.69 Å². The van der Waals surface area contributed by atoms with E-state index in [9.17, 15) is 10.1 Å². The van der Waals surface area contributed by atoms with Gasteiger partial charge in [-0.1, -0.05) is 55.3 Å². The van der Waals surface area contributed by atoms with Crippen molar-refractivity contribution < 1.29 is 9.53 Å². The van der Waals surface area contributed by atoms with Gasteiger partial charge in [0.25, 0.3) is 0 Å². The first-order valence-electron chi connectivity index (χ1n) is 8.21. The van der Waals surface area contributed by atoms with Crippen LogP contribution in [0.3, 0.4) is 0 Å². The maximum absolute atomic E-state index is 11.9. The third kappa shape index (κ3) is 3.57. The average Bonchev–Trinajstić information content (AvgIpc) is 3.12. The second-order valence-electron chi connectivity index (χ2n) is 6.17. The Hall–Kier alpha value is -2.80. The summed E-state index contributed by atoms with van der Waals surface area (Å²) in [5.41, 5.74) is 2.29. The Morgan fingerprint density at radius 3 is 2.38 bits per heavy atom. The minimum Gasteiger partial charge on any atom is -0.444 e. The van der Waals surface area contributed by atoms with Crippen molar-refractivity contribution >= 4 is 11.8 Å². The number of nitrogens with zero attached hydrogens (tertiary/aromatic N) is 1. The van der Waals surface area contributed by atoms with Gasteiger partial charge in [-0.2, -0.15) is 5.26 Å². The molecule has 1 amide bonds. The number of nitriles is 1. The fourth-order valence-corrected chi connectivity index (χ4v) is 3.19. The van der Waals surface area contributed by atoms with Crippen LogP contribution >= 0.6 is 0 Å². The Bertz CT molecular complexity index is 726. The van der Waals surface area contributed by atoms with Crippen molar-refractivity contribution in [1.82, 2.24) is 0 Å². The van der Waals surface area contributed by atoms with Crippen molar-refractivity contribution in [2.75, 3.05) is 5.32 Å². The van der Waals surface area contributed by atoms with E-state index in [1.165, 1.54) is 0 Å². The lowest BCUT2D eigenvalue weighted by atomic mass is 9.80. The summed E-state index contributed by atoms with van der Waals surface area (Å²) in [6.07, 6.45) is 3.53. The van der Waals surface area contributed by atoms with Crippen LogP contribution in [0.25, 0.3) is 0 Å². The molecule has 1 aliphatic rings. The summed E-state index contributed by atoms with van der Waals surface area (Å²) in [7, 11) is 0. The van der Waals surface area contributed by atoms with Gasteiger partial charge in [0.1, 0.15) is 6.61 Å². The lowest BCUT2D eigenvalue weighted by Crippen LogP contribution is -2.19. The van der Waals surface area contributed by atoms with E-state index in [1.54, 1.807) is 0 Å². The average molecular weight is 320 g/mol. The minimum absolute atomic E-state index is 0.238. The second-order valence-corrected chi connectivity index (χ2v) is 6.17. The SMILES string of the molecule is N#CC1(c2ccc(NC(=O)OCc3ccccc3)cc2)CCCC1. The van der Waals surface area contributed by atoms with Gasteiger partial charge in [-0.15, -0.1) is 0 Å². The standard InChI is InChI=1S/C20H20N2O2/c21-15-20(12-4-5-13-20)17-8-10-18(11-9-17)22-19(23)24-14-16-6-2-1-3-7-16/h1-3,6-11H,4-5,12-14H2,(H,22,23). The summed E-state index contributed by atoms with van der Waals surface area (Å²) < 4.78 is 5.20. The zero-order valence-corrected chi connectivity index (χ0v) is 13.5. The van der Waals surface area contributed by atoms with Crippen LogP contribution in [0.15, 0.2) is 54.6 Å². The lowest BCUT2D eigenvalue weighted by Gasteiger charge is -2.20. The Balaban J connectivity index is 1.58. The zero-order chi connectivity index (χ0) is 16.8. The molecule has 4 heteroatoms. The van der Waals surface area contributed by atoms with E-state index >= 15 is 0 Å². The van der Waals surface area contributed by atoms with Gasteiger partial charge < -0.3 is 4.74 Å². The molecule has 1 N–H and O–H groups in total. The number of hydrogen-bond donors (Lipinski definition) is 1. The number of carbonyl (C=O) groups is 1. The monoisotopic (exact) mass is 320 g/mol. The topological polar surface area (TPSA) is 62.1 Å². The number of hydrogen-bond acceptors (Lipinski definition) is 3. The van der Waals surface area contributed by atoms with Gasteiger partial charge in [-0.25, -0.2) is 4.79 Å². The molecule has 0 aliphatic heterocycles. The van der Waals surface area contributed by atoms with Crippen LogP contribution in [-0.4, -0.2) is 6.09 Å². The smallest absolute Gasteiger partial charge is 0.411 e. The maximum atomic E-state index is 11.9. The van der Waals surface area contributed by atoms with Crippen molar-refractivity contribution in [1.29, 1.82) is 5.26 Å². The fourth-order valence-electron chi connectivity index (χ4n) is 3.19. The molecule has 1 saturated carbocycles. The Labute approximate surface area is 142 Å². The lowest BCUT2D eigenvalue weighted by molar-refractivity contribution is 0.155. The fraction of sp³-hybridized carbons (Fsp3) is 0.300. The summed E-state index contributed by atoms with van der Waals surface area (Å²) in [5, 5.41) is 12.2. The number of amides is 1. The van der Waals surface area contributed by atoms with Crippen molar-refractivity contribution in [3.8, 4) is 6.07 Å². The van der Waals surface area contributed by atoms with Crippen LogP contribution < -0.4 is 5.32 Å². The highest BCUT2D eigenvalue weighted by molar-refractivity contribution is 5.84. The summed E-state index contributed by atoms with van der Waals surface area (Å²) >= 11 is 0. The highest BCUT2D eigenvalue weighted by Gasteiger charge is 2.35. The highest BCUT2D eigenvalue weighted by atomic mass is 16.5. The van der Waals surface area contributed by atoms with Crippen molar-refractivity contribution in [3.63, 3.8) is 0 Å². The Morgan fingerprint density at radius 2 is 1.75 bits per heavy atom. The predicted molar refractivity (Wildman–Crippen MR) is 92.5 cm³/mol. The third-order valence-electron chi connectivity index (χ3n) is 4.57. The largest absolute Gasteiger partial charge is 0.444 e. The summed E-state index contributed by atoms with van der Waals surface area (Å²) in [5.74, 6) is 0. The molecule has 0 radical (unpaired) electrons. The van der Waals surface area contributed by atoms with Crippen molar-refractivity contribution in [3.05, 3.63) is 65.7 Å². The van der Waals surface area contributed by atoms with Gasteiger partial charge in [-0.05, 0) is 36.1 Å². The molecule has 1 aliphatic carbocycles. The molecule has 0 unspecified atom stereocenters. The first-order chi connectivity index (χ1) is 11.7. The number of carbonyl (C=O) groups excluding carboxylic acids is 1. The normalized spacial score (nSPS) is 15.5. The van der Waals surface area contributed by atoms with Crippen LogP contribution in [0.4, 0.5) is 10.5 Å². The maximum Gasteiger partial charge on any atom is 0.411 e. The summed E-state index contributed by atoms with van der Waals surface area (Å²) in [4.78, 5) is 11.9. The van der Waals surface area contributed by atoms with Crippen molar-refractivity contribution in [2.24, 2.45) is 0 Å². The Morgan fingerprint density at radius 1 is 1.08 bits per heavy atom. The molecule has 2 aromatic carbocycles. The summed E-state index contributed by atoms with van der Waals surface area (Å²) in [6.45, 7) is 0.238. The van der Waals surface area contributed by atoms with E-state index in [0.717, 1.165) is 36.8 Å². The van der Waals surface area contributed by atoms with Crippen LogP contribution in [0.5, 0.6) is 0 Å². The number of anilines is 1. The van der Waals surface area contributed by atoms with Gasteiger partial charge in [0.05, 0.1) is 11.5 Å². The molecule has 0 bridgehead atoms. The number of ether oxygens (including phenoxy) is 1. The predicted octanol–water partition coefficient (Wildman–Crippen LogP) is 4.77. The number of nitrogens with one attached hydrogen (secondary N) is 1. The molecular weight excluding hydrogens is 300 g/mol. The third-order valence-corrected chi connectivity index (χ3v) is 4.57. The van der Waals surface area contributed by atoms with Crippen LogP contribution in [0.1, 0.15) is 36.8 Å². The van der Waals surface area contributed by atoms with Crippen LogP contribution in [0, 0.1) is 11.3 Å². The first-order valence-corrected chi connectivity index (χ1v) is 8.21. The van der Waals surface area contributed by atoms with E-state index in [1.807, 2.05) is 54.6 Å². The number of rotatable bonds is 4. The van der Waals surface area contributed by atoms with Gasteiger partial charge in [0.2, 0.25) is 0 Å².